The van der Waals surface area contributed by atoms with Crippen molar-refractivity contribution in [3.63, 3.8) is 0 Å². The van der Waals surface area contributed by atoms with Crippen LogP contribution in [0.4, 0.5) is 0 Å². The molecule has 7 heteroatoms. The summed E-state index contributed by atoms with van der Waals surface area (Å²) in [7, 11) is 3.93. The Kier molecular flexibility index (Phi) is 9.04. The van der Waals surface area contributed by atoms with Crippen LogP contribution in [0.1, 0.15) is 37.4 Å². The maximum atomic E-state index is 13.4. The van der Waals surface area contributed by atoms with Crippen LogP contribution in [-0.4, -0.2) is 60.4 Å². The van der Waals surface area contributed by atoms with Crippen LogP contribution in [0.3, 0.4) is 0 Å². The third kappa shape index (κ3) is 6.86. The molecular formula is C32H36N2O5. The van der Waals surface area contributed by atoms with Gasteiger partial charge < -0.3 is 24.4 Å². The number of aliphatic hydroxyl groups is 1. The lowest BCUT2D eigenvalue weighted by Crippen LogP contribution is -2.32. The number of ketones is 1. The zero-order valence-electron chi connectivity index (χ0n) is 23.0. The fourth-order valence-electron chi connectivity index (χ4n) is 4.51. The molecule has 3 aromatic rings. The summed E-state index contributed by atoms with van der Waals surface area (Å²) >= 11 is 0. The Balaban J connectivity index is 1.72. The summed E-state index contributed by atoms with van der Waals surface area (Å²) in [6.07, 6.45) is 0.679. The highest BCUT2D eigenvalue weighted by atomic mass is 16.5. The Morgan fingerprint density at radius 3 is 2.28 bits per heavy atom. The summed E-state index contributed by atoms with van der Waals surface area (Å²) in [5, 5.41) is 11.4. The molecule has 1 aliphatic heterocycles. The van der Waals surface area contributed by atoms with Crippen LogP contribution in [0.2, 0.25) is 0 Å². The second kappa shape index (κ2) is 12.6. The Morgan fingerprint density at radius 2 is 1.62 bits per heavy atom. The first-order valence-corrected chi connectivity index (χ1v) is 13.2. The van der Waals surface area contributed by atoms with E-state index in [2.05, 4.69) is 13.8 Å². The summed E-state index contributed by atoms with van der Waals surface area (Å²) < 4.78 is 11.8. The number of para-hydroxylation sites is 1. The van der Waals surface area contributed by atoms with Crippen LogP contribution in [0.25, 0.3) is 5.76 Å². The van der Waals surface area contributed by atoms with Crippen LogP contribution in [0.15, 0.2) is 84.4 Å². The predicted octanol–water partition coefficient (Wildman–Crippen LogP) is 5.89. The fraction of sp³-hybridized carbons (Fsp3) is 0.312. The topological polar surface area (TPSA) is 79.3 Å². The lowest BCUT2D eigenvalue weighted by molar-refractivity contribution is -0.139. The molecule has 0 bridgehead atoms. The van der Waals surface area contributed by atoms with E-state index in [0.29, 0.717) is 53.9 Å². The van der Waals surface area contributed by atoms with Crippen LogP contribution in [0, 0.1) is 5.92 Å². The number of benzene rings is 3. The molecule has 1 amide bonds. The number of amides is 1. The molecule has 7 nitrogen and oxygen atoms in total. The third-order valence-electron chi connectivity index (χ3n) is 6.41. The third-order valence-corrected chi connectivity index (χ3v) is 6.41. The van der Waals surface area contributed by atoms with Crippen molar-refractivity contribution in [3.8, 4) is 17.2 Å². The lowest BCUT2D eigenvalue weighted by Gasteiger charge is -2.26. The minimum Gasteiger partial charge on any atom is -0.507 e. The smallest absolute Gasteiger partial charge is 0.295 e. The maximum Gasteiger partial charge on any atom is 0.295 e. The molecule has 1 fully saturated rings. The number of ether oxygens (including phenoxy) is 2. The zero-order chi connectivity index (χ0) is 27.9. The number of Topliss-reactive ketones (excluding diaryl/α,β-unsaturated/α-hetero) is 1. The van der Waals surface area contributed by atoms with Gasteiger partial charge in [0.2, 0.25) is 0 Å². The van der Waals surface area contributed by atoms with Crippen molar-refractivity contribution in [1.82, 2.24) is 9.80 Å². The first-order chi connectivity index (χ1) is 18.7. The van der Waals surface area contributed by atoms with Crippen molar-refractivity contribution in [2.45, 2.75) is 26.3 Å². The van der Waals surface area contributed by atoms with E-state index in [9.17, 15) is 14.7 Å². The van der Waals surface area contributed by atoms with Crippen molar-refractivity contribution in [1.29, 1.82) is 0 Å². The molecule has 1 heterocycles. The predicted molar refractivity (Wildman–Crippen MR) is 152 cm³/mol. The van der Waals surface area contributed by atoms with E-state index in [4.69, 9.17) is 9.47 Å². The summed E-state index contributed by atoms with van der Waals surface area (Å²) in [5.41, 5.74) is 1.20. The molecule has 3 aromatic carbocycles. The monoisotopic (exact) mass is 528 g/mol. The first kappa shape index (κ1) is 27.9. The molecule has 0 aliphatic carbocycles. The number of hydrogen-bond donors (Lipinski definition) is 1. The first-order valence-electron chi connectivity index (χ1n) is 13.2. The Bertz CT molecular complexity index is 1320. The number of likely N-dealkylation sites (tertiary alicyclic amines) is 1. The van der Waals surface area contributed by atoms with Crippen molar-refractivity contribution in [3.05, 3.63) is 95.6 Å². The molecule has 1 unspecified atom stereocenters. The van der Waals surface area contributed by atoms with Gasteiger partial charge in [-0.05, 0) is 87.1 Å². The molecule has 4 rings (SSSR count). The van der Waals surface area contributed by atoms with Gasteiger partial charge in [0.05, 0.1) is 18.2 Å². The van der Waals surface area contributed by atoms with Gasteiger partial charge in [0.1, 0.15) is 23.0 Å². The quantitative estimate of drug-likeness (QED) is 0.190. The van der Waals surface area contributed by atoms with E-state index < -0.39 is 17.7 Å². The van der Waals surface area contributed by atoms with Gasteiger partial charge in [-0.1, -0.05) is 44.2 Å². The summed E-state index contributed by atoms with van der Waals surface area (Å²) in [6, 6.07) is 22.9. The van der Waals surface area contributed by atoms with Crippen molar-refractivity contribution in [2.24, 2.45) is 5.92 Å². The van der Waals surface area contributed by atoms with Crippen molar-refractivity contribution >= 4 is 17.4 Å². The molecule has 1 atom stereocenters. The van der Waals surface area contributed by atoms with Gasteiger partial charge in [-0.25, -0.2) is 0 Å². The highest BCUT2D eigenvalue weighted by molar-refractivity contribution is 6.46. The van der Waals surface area contributed by atoms with Crippen molar-refractivity contribution < 1.29 is 24.2 Å². The van der Waals surface area contributed by atoms with Crippen LogP contribution >= 0.6 is 0 Å². The highest BCUT2D eigenvalue weighted by Crippen LogP contribution is 2.41. The average molecular weight is 529 g/mol. The second-order valence-electron chi connectivity index (χ2n) is 10.4. The normalized spacial score (nSPS) is 16.8. The summed E-state index contributed by atoms with van der Waals surface area (Å²) in [4.78, 5) is 30.2. The van der Waals surface area contributed by atoms with Crippen LogP contribution < -0.4 is 9.47 Å². The van der Waals surface area contributed by atoms with Gasteiger partial charge in [-0.2, -0.15) is 0 Å². The van der Waals surface area contributed by atoms with E-state index in [1.807, 2.05) is 73.6 Å². The summed E-state index contributed by atoms with van der Waals surface area (Å²) in [5.74, 6) is 0.773. The Labute approximate surface area is 230 Å². The lowest BCUT2D eigenvalue weighted by atomic mass is 9.95. The molecular weight excluding hydrogens is 492 g/mol. The van der Waals surface area contributed by atoms with Crippen LogP contribution in [-0.2, 0) is 9.59 Å². The summed E-state index contributed by atoms with van der Waals surface area (Å²) in [6.45, 7) is 5.83. The van der Waals surface area contributed by atoms with E-state index in [-0.39, 0.29) is 11.3 Å². The number of rotatable bonds is 11. The minimum absolute atomic E-state index is 0.0672. The molecule has 1 saturated heterocycles. The van der Waals surface area contributed by atoms with Crippen molar-refractivity contribution in [2.75, 3.05) is 33.8 Å². The standard InChI is InChI=1S/C32H36N2O5/c1-22(2)21-38-25-16-14-23(15-17-25)30(35)28-29(34(32(37)31(28)36)19-9-18-33(3)4)24-10-8-13-27(20-24)39-26-11-6-5-7-12-26/h5-8,10-17,20,22,29,35H,9,18-19,21H2,1-4H3/b30-28-. The fourth-order valence-corrected chi connectivity index (χ4v) is 4.51. The maximum absolute atomic E-state index is 13.4. The Hall–Kier alpha value is -4.10. The van der Waals surface area contributed by atoms with Crippen LogP contribution in [0.5, 0.6) is 17.2 Å². The number of carbonyl (C=O) groups is 2. The van der Waals surface area contributed by atoms with Gasteiger partial charge in [-0.15, -0.1) is 0 Å². The Morgan fingerprint density at radius 1 is 0.923 bits per heavy atom. The van der Waals surface area contributed by atoms with Gasteiger partial charge in [-0.3, -0.25) is 9.59 Å². The molecule has 204 valence electrons. The average Bonchev–Trinajstić information content (AvgIpc) is 3.17. The number of carbonyl (C=O) groups excluding carboxylic acids is 2. The molecule has 39 heavy (non-hydrogen) atoms. The van der Waals surface area contributed by atoms with E-state index in [1.54, 1.807) is 29.2 Å². The highest BCUT2D eigenvalue weighted by Gasteiger charge is 2.45. The molecule has 0 saturated carbocycles. The second-order valence-corrected chi connectivity index (χ2v) is 10.4. The van der Waals surface area contributed by atoms with Gasteiger partial charge >= 0.3 is 0 Å². The molecule has 1 aliphatic rings. The van der Waals surface area contributed by atoms with E-state index >= 15 is 0 Å². The van der Waals surface area contributed by atoms with Gasteiger partial charge in [0.15, 0.2) is 0 Å². The number of hydrogen-bond acceptors (Lipinski definition) is 6. The van der Waals surface area contributed by atoms with Gasteiger partial charge in [0, 0.05) is 12.1 Å². The number of aliphatic hydroxyl groups excluding tert-OH is 1. The van der Waals surface area contributed by atoms with E-state index in [0.717, 1.165) is 6.54 Å². The number of nitrogens with zero attached hydrogens (tertiary/aromatic N) is 2. The van der Waals surface area contributed by atoms with Gasteiger partial charge in [0.25, 0.3) is 11.7 Å². The molecule has 0 spiro atoms. The SMILES string of the molecule is CC(C)COc1ccc(/C(O)=C2/C(=O)C(=O)N(CCCN(C)C)C2c2cccc(Oc3ccccc3)c2)cc1. The molecule has 0 aromatic heterocycles. The largest absolute Gasteiger partial charge is 0.507 e. The van der Waals surface area contributed by atoms with E-state index in [1.165, 1.54) is 0 Å². The zero-order valence-corrected chi connectivity index (χ0v) is 23.0. The molecule has 1 N–H and O–H groups in total. The minimum atomic E-state index is -0.747. The molecule has 0 radical (unpaired) electrons.